The summed E-state index contributed by atoms with van der Waals surface area (Å²) in [7, 11) is 0. The van der Waals surface area contributed by atoms with Crippen molar-refractivity contribution in [1.82, 2.24) is 4.90 Å². The Hall–Kier alpha value is 0.0600. The fourth-order valence-electron chi connectivity index (χ4n) is 2.60. The molecule has 0 radical (unpaired) electrons. The van der Waals surface area contributed by atoms with E-state index in [1.807, 2.05) is 11.3 Å². The van der Waals surface area contributed by atoms with Crippen LogP contribution >= 0.6 is 27.3 Å². The molecule has 0 aromatic carbocycles. The minimum absolute atomic E-state index is 0.134. The molecule has 3 heterocycles. The molecule has 2 aliphatic heterocycles. The number of morpholine rings is 1. The second-order valence-corrected chi connectivity index (χ2v) is 6.64. The van der Waals surface area contributed by atoms with Crippen LogP contribution in [0.25, 0.3) is 0 Å². The fraction of sp³-hybridized carbons (Fsp3) is 0.667. The van der Waals surface area contributed by atoms with Crippen molar-refractivity contribution in [1.29, 1.82) is 0 Å². The number of halogens is 1. The molecular formula is C12H16BrNO2S. The van der Waals surface area contributed by atoms with E-state index in [0.29, 0.717) is 0 Å². The standard InChI is InChI=1S/C12H16BrNO2S/c13-10-5-11(17-7-10)6-14-2-4-16-9-12(14)1-3-15-8-12/h5,7H,1-4,6,8-9H2/t12-/m1/s1. The Morgan fingerprint density at radius 3 is 2.88 bits per heavy atom. The van der Waals surface area contributed by atoms with Gasteiger partial charge in [0.05, 0.1) is 25.4 Å². The highest BCUT2D eigenvalue weighted by Crippen LogP contribution is 2.32. The lowest BCUT2D eigenvalue weighted by molar-refractivity contribution is -0.0745. The van der Waals surface area contributed by atoms with Gasteiger partial charge in [0.15, 0.2) is 0 Å². The van der Waals surface area contributed by atoms with Crippen LogP contribution in [0.1, 0.15) is 11.3 Å². The van der Waals surface area contributed by atoms with Gasteiger partial charge >= 0.3 is 0 Å². The number of rotatable bonds is 2. The molecule has 94 valence electrons. The Morgan fingerprint density at radius 2 is 2.18 bits per heavy atom. The third-order valence-electron chi connectivity index (χ3n) is 3.60. The number of hydrogen-bond donors (Lipinski definition) is 0. The van der Waals surface area contributed by atoms with Crippen molar-refractivity contribution in [3.63, 3.8) is 0 Å². The van der Waals surface area contributed by atoms with E-state index in [4.69, 9.17) is 9.47 Å². The third-order valence-corrected chi connectivity index (χ3v) is 5.28. The van der Waals surface area contributed by atoms with E-state index in [1.54, 1.807) is 0 Å². The van der Waals surface area contributed by atoms with E-state index >= 15 is 0 Å². The molecule has 1 spiro atoms. The summed E-state index contributed by atoms with van der Waals surface area (Å²) in [6.07, 6.45) is 1.10. The molecule has 2 fully saturated rings. The molecule has 0 saturated carbocycles. The van der Waals surface area contributed by atoms with Crippen molar-refractivity contribution in [2.24, 2.45) is 0 Å². The zero-order chi connectivity index (χ0) is 11.7. The number of hydrogen-bond acceptors (Lipinski definition) is 4. The number of thiophene rings is 1. The average molecular weight is 318 g/mol. The largest absolute Gasteiger partial charge is 0.379 e. The zero-order valence-corrected chi connectivity index (χ0v) is 12.1. The van der Waals surface area contributed by atoms with Crippen LogP contribution in [0.15, 0.2) is 15.9 Å². The topological polar surface area (TPSA) is 21.7 Å². The molecule has 5 heteroatoms. The Kier molecular flexibility index (Phi) is 3.54. The summed E-state index contributed by atoms with van der Waals surface area (Å²) in [6.45, 7) is 5.38. The maximum absolute atomic E-state index is 5.65. The van der Waals surface area contributed by atoms with Gasteiger partial charge in [0.25, 0.3) is 0 Å². The SMILES string of the molecule is Brc1csc(CN2CCOC[C@]23CCOC3)c1. The van der Waals surface area contributed by atoms with E-state index in [9.17, 15) is 0 Å². The second kappa shape index (κ2) is 4.97. The first-order valence-electron chi connectivity index (χ1n) is 5.92. The van der Waals surface area contributed by atoms with Gasteiger partial charge < -0.3 is 9.47 Å². The smallest absolute Gasteiger partial charge is 0.0704 e. The Morgan fingerprint density at radius 1 is 1.35 bits per heavy atom. The lowest BCUT2D eigenvalue weighted by Crippen LogP contribution is -2.56. The van der Waals surface area contributed by atoms with Crippen LogP contribution in [0.4, 0.5) is 0 Å². The highest BCUT2D eigenvalue weighted by molar-refractivity contribution is 9.10. The lowest BCUT2D eigenvalue weighted by Gasteiger charge is -2.43. The van der Waals surface area contributed by atoms with Gasteiger partial charge in [-0.2, -0.15) is 0 Å². The lowest BCUT2D eigenvalue weighted by atomic mass is 9.96. The van der Waals surface area contributed by atoms with Gasteiger partial charge in [-0.25, -0.2) is 0 Å². The Balaban J connectivity index is 1.75. The van der Waals surface area contributed by atoms with Crippen molar-refractivity contribution in [3.8, 4) is 0 Å². The van der Waals surface area contributed by atoms with Crippen molar-refractivity contribution < 1.29 is 9.47 Å². The molecule has 0 aliphatic carbocycles. The molecule has 3 rings (SSSR count). The Bertz CT molecular complexity index is 390. The predicted octanol–water partition coefficient (Wildman–Crippen LogP) is 2.50. The van der Waals surface area contributed by atoms with Crippen molar-refractivity contribution in [3.05, 3.63) is 20.8 Å². The van der Waals surface area contributed by atoms with Crippen LogP contribution in [0.5, 0.6) is 0 Å². The van der Waals surface area contributed by atoms with Crippen molar-refractivity contribution >= 4 is 27.3 Å². The van der Waals surface area contributed by atoms with Crippen LogP contribution in [0, 0.1) is 0 Å². The maximum atomic E-state index is 5.65. The molecule has 2 aliphatic rings. The monoisotopic (exact) mass is 317 g/mol. The van der Waals surface area contributed by atoms with Gasteiger partial charge in [-0.1, -0.05) is 0 Å². The van der Waals surface area contributed by atoms with E-state index in [1.165, 1.54) is 9.35 Å². The molecule has 2 saturated heterocycles. The summed E-state index contributed by atoms with van der Waals surface area (Å²) in [5.74, 6) is 0. The summed E-state index contributed by atoms with van der Waals surface area (Å²) in [5.41, 5.74) is 0.134. The summed E-state index contributed by atoms with van der Waals surface area (Å²) in [5, 5.41) is 2.15. The van der Waals surface area contributed by atoms with Gasteiger partial charge in [-0.3, -0.25) is 4.90 Å². The zero-order valence-electron chi connectivity index (χ0n) is 9.65. The molecule has 3 nitrogen and oxygen atoms in total. The fourth-order valence-corrected chi connectivity index (χ4v) is 4.06. The highest BCUT2D eigenvalue weighted by atomic mass is 79.9. The van der Waals surface area contributed by atoms with Crippen LogP contribution in [0.2, 0.25) is 0 Å². The molecule has 0 amide bonds. The molecule has 0 unspecified atom stereocenters. The minimum Gasteiger partial charge on any atom is -0.379 e. The average Bonchev–Trinajstić information content (AvgIpc) is 2.93. The van der Waals surface area contributed by atoms with Crippen LogP contribution in [-0.2, 0) is 16.0 Å². The number of ether oxygens (including phenoxy) is 2. The maximum Gasteiger partial charge on any atom is 0.0704 e. The second-order valence-electron chi connectivity index (χ2n) is 4.73. The van der Waals surface area contributed by atoms with Gasteiger partial charge in [-0.05, 0) is 28.4 Å². The van der Waals surface area contributed by atoms with Gasteiger partial charge in [0.1, 0.15) is 0 Å². The molecule has 0 N–H and O–H groups in total. The quantitative estimate of drug-likeness (QED) is 0.836. The molecule has 1 aromatic rings. The molecule has 1 aromatic heterocycles. The molecule has 1 atom stereocenters. The molecule has 0 bridgehead atoms. The molecular weight excluding hydrogens is 302 g/mol. The van der Waals surface area contributed by atoms with Gasteiger partial charge in [0.2, 0.25) is 0 Å². The van der Waals surface area contributed by atoms with Gasteiger partial charge in [0, 0.05) is 34.4 Å². The van der Waals surface area contributed by atoms with E-state index in [-0.39, 0.29) is 5.54 Å². The Labute approximate surface area is 114 Å². The predicted molar refractivity (Wildman–Crippen MR) is 71.4 cm³/mol. The van der Waals surface area contributed by atoms with Crippen molar-refractivity contribution in [2.75, 3.05) is 33.0 Å². The van der Waals surface area contributed by atoms with E-state index < -0.39 is 0 Å². The van der Waals surface area contributed by atoms with Crippen LogP contribution in [0.3, 0.4) is 0 Å². The van der Waals surface area contributed by atoms with Gasteiger partial charge in [-0.15, -0.1) is 11.3 Å². The van der Waals surface area contributed by atoms with Crippen LogP contribution in [-0.4, -0.2) is 43.4 Å². The minimum atomic E-state index is 0.134. The summed E-state index contributed by atoms with van der Waals surface area (Å²) in [6, 6.07) is 2.21. The summed E-state index contributed by atoms with van der Waals surface area (Å²) >= 11 is 5.33. The van der Waals surface area contributed by atoms with E-state index in [2.05, 4.69) is 32.3 Å². The van der Waals surface area contributed by atoms with Crippen molar-refractivity contribution in [2.45, 2.75) is 18.5 Å². The number of nitrogens with zero attached hydrogens (tertiary/aromatic N) is 1. The molecule has 17 heavy (non-hydrogen) atoms. The summed E-state index contributed by atoms with van der Waals surface area (Å²) in [4.78, 5) is 3.95. The van der Waals surface area contributed by atoms with Crippen LogP contribution < -0.4 is 0 Å². The van der Waals surface area contributed by atoms with E-state index in [0.717, 1.165) is 45.9 Å². The highest BCUT2D eigenvalue weighted by Gasteiger charge is 2.43. The first-order chi connectivity index (χ1) is 8.28. The normalized spacial score (nSPS) is 30.2. The summed E-state index contributed by atoms with van der Waals surface area (Å²) < 4.78 is 12.4. The first kappa shape index (κ1) is 12.1. The first-order valence-corrected chi connectivity index (χ1v) is 7.59. The third kappa shape index (κ3) is 2.44.